The van der Waals surface area contributed by atoms with Gasteiger partial charge in [-0.1, -0.05) is 0 Å². The third-order valence-corrected chi connectivity index (χ3v) is 2.62. The van der Waals surface area contributed by atoms with Gasteiger partial charge in [0.15, 0.2) is 0 Å². The SMILES string of the molecule is COc1ccc(NC(=O)NC(C)(C)C(=O)O)c(OC)c1. The van der Waals surface area contributed by atoms with Crippen LogP contribution >= 0.6 is 0 Å². The summed E-state index contributed by atoms with van der Waals surface area (Å²) in [5, 5.41) is 13.8. The number of amides is 2. The molecule has 0 aliphatic carbocycles. The molecular formula is C13H18N2O5. The smallest absolute Gasteiger partial charge is 0.328 e. The first kappa shape index (κ1) is 15.6. The van der Waals surface area contributed by atoms with E-state index < -0.39 is 17.5 Å². The quantitative estimate of drug-likeness (QED) is 0.763. The molecule has 0 aromatic heterocycles. The number of benzene rings is 1. The zero-order chi connectivity index (χ0) is 15.3. The van der Waals surface area contributed by atoms with Crippen molar-refractivity contribution in [3.63, 3.8) is 0 Å². The lowest BCUT2D eigenvalue weighted by molar-refractivity contribution is -0.142. The zero-order valence-electron chi connectivity index (χ0n) is 11.8. The molecule has 0 heterocycles. The van der Waals surface area contributed by atoms with Crippen LogP contribution in [0.4, 0.5) is 10.5 Å². The van der Waals surface area contributed by atoms with Gasteiger partial charge in [-0.25, -0.2) is 9.59 Å². The molecule has 0 atom stereocenters. The molecule has 1 aromatic rings. The number of carbonyl (C=O) groups is 2. The second-order valence-corrected chi connectivity index (χ2v) is 4.58. The van der Waals surface area contributed by atoms with Crippen molar-refractivity contribution < 1.29 is 24.2 Å². The molecule has 110 valence electrons. The number of aliphatic carboxylic acids is 1. The average molecular weight is 282 g/mol. The van der Waals surface area contributed by atoms with Gasteiger partial charge in [-0.15, -0.1) is 0 Å². The molecule has 0 saturated heterocycles. The third kappa shape index (κ3) is 3.78. The molecule has 0 unspecified atom stereocenters. The molecule has 0 fully saturated rings. The average Bonchev–Trinajstić information content (AvgIpc) is 2.38. The van der Waals surface area contributed by atoms with Crippen molar-refractivity contribution in [3.05, 3.63) is 18.2 Å². The van der Waals surface area contributed by atoms with Crippen LogP contribution in [0.3, 0.4) is 0 Å². The standard InChI is InChI=1S/C13H18N2O5/c1-13(2,11(16)17)15-12(18)14-9-6-5-8(19-3)7-10(9)20-4/h5-7H,1-4H3,(H,16,17)(H2,14,15,18). The molecule has 0 radical (unpaired) electrons. The van der Waals surface area contributed by atoms with Gasteiger partial charge in [0.05, 0.1) is 19.9 Å². The van der Waals surface area contributed by atoms with Gasteiger partial charge in [-0.05, 0) is 26.0 Å². The lowest BCUT2D eigenvalue weighted by Crippen LogP contribution is -2.51. The fourth-order valence-corrected chi connectivity index (χ4v) is 1.39. The molecule has 3 N–H and O–H groups in total. The second-order valence-electron chi connectivity index (χ2n) is 4.58. The summed E-state index contributed by atoms with van der Waals surface area (Å²) in [4.78, 5) is 22.7. The Morgan fingerprint density at radius 3 is 2.35 bits per heavy atom. The number of carboxylic acid groups (broad SMARTS) is 1. The Morgan fingerprint density at radius 1 is 1.20 bits per heavy atom. The van der Waals surface area contributed by atoms with Crippen molar-refractivity contribution >= 4 is 17.7 Å². The number of carboxylic acids is 1. The Balaban J connectivity index is 2.83. The summed E-state index contributed by atoms with van der Waals surface area (Å²) in [6, 6.07) is 4.23. The Morgan fingerprint density at radius 2 is 1.85 bits per heavy atom. The number of carbonyl (C=O) groups excluding carboxylic acids is 1. The molecule has 0 aliphatic heterocycles. The molecule has 20 heavy (non-hydrogen) atoms. The number of methoxy groups -OCH3 is 2. The van der Waals surface area contributed by atoms with Crippen LogP contribution in [0.5, 0.6) is 11.5 Å². The number of rotatable bonds is 5. The van der Waals surface area contributed by atoms with Crippen LogP contribution in [0.1, 0.15) is 13.8 Å². The fourth-order valence-electron chi connectivity index (χ4n) is 1.39. The number of hydrogen-bond donors (Lipinski definition) is 3. The maximum absolute atomic E-state index is 11.8. The molecule has 1 aromatic carbocycles. The van der Waals surface area contributed by atoms with E-state index in [2.05, 4.69) is 10.6 Å². The Labute approximate surface area is 116 Å². The predicted octanol–water partition coefficient (Wildman–Crippen LogP) is 1.69. The van der Waals surface area contributed by atoms with Gasteiger partial charge in [0.1, 0.15) is 17.0 Å². The van der Waals surface area contributed by atoms with Gasteiger partial charge < -0.3 is 25.2 Å². The van der Waals surface area contributed by atoms with Crippen molar-refractivity contribution in [2.45, 2.75) is 19.4 Å². The normalized spacial score (nSPS) is 10.6. The Hall–Kier alpha value is -2.44. The summed E-state index contributed by atoms with van der Waals surface area (Å²) < 4.78 is 10.2. The van der Waals surface area contributed by atoms with Crippen LogP contribution in [0.2, 0.25) is 0 Å². The van der Waals surface area contributed by atoms with Crippen LogP contribution in [0, 0.1) is 0 Å². The Bertz CT molecular complexity index is 513. The molecule has 1 rings (SSSR count). The molecule has 0 bridgehead atoms. The number of ether oxygens (including phenoxy) is 2. The highest BCUT2D eigenvalue weighted by atomic mass is 16.5. The van der Waals surface area contributed by atoms with Crippen molar-refractivity contribution in [1.82, 2.24) is 5.32 Å². The summed E-state index contributed by atoms with van der Waals surface area (Å²) in [6.45, 7) is 2.78. The van der Waals surface area contributed by atoms with E-state index in [1.165, 1.54) is 28.1 Å². The third-order valence-electron chi connectivity index (χ3n) is 2.62. The summed E-state index contributed by atoms with van der Waals surface area (Å²) >= 11 is 0. The van der Waals surface area contributed by atoms with E-state index in [4.69, 9.17) is 14.6 Å². The highest BCUT2D eigenvalue weighted by Crippen LogP contribution is 2.28. The van der Waals surface area contributed by atoms with E-state index in [1.54, 1.807) is 18.2 Å². The fraction of sp³-hybridized carbons (Fsp3) is 0.385. The summed E-state index contributed by atoms with van der Waals surface area (Å²) in [7, 11) is 2.98. The summed E-state index contributed by atoms with van der Waals surface area (Å²) in [5.74, 6) is -0.138. The maximum Gasteiger partial charge on any atom is 0.328 e. The molecule has 7 heteroatoms. The topological polar surface area (TPSA) is 96.9 Å². The van der Waals surface area contributed by atoms with Crippen LogP contribution in [0.15, 0.2) is 18.2 Å². The van der Waals surface area contributed by atoms with E-state index in [0.717, 1.165) is 0 Å². The first-order valence-corrected chi connectivity index (χ1v) is 5.84. The predicted molar refractivity (Wildman–Crippen MR) is 73.4 cm³/mol. The molecule has 2 amide bonds. The number of hydrogen-bond acceptors (Lipinski definition) is 4. The van der Waals surface area contributed by atoms with Gasteiger partial charge in [0.2, 0.25) is 0 Å². The van der Waals surface area contributed by atoms with E-state index in [0.29, 0.717) is 17.2 Å². The van der Waals surface area contributed by atoms with Crippen molar-refractivity contribution in [3.8, 4) is 11.5 Å². The van der Waals surface area contributed by atoms with Gasteiger partial charge in [0, 0.05) is 6.07 Å². The van der Waals surface area contributed by atoms with Gasteiger partial charge in [-0.2, -0.15) is 0 Å². The minimum atomic E-state index is -1.37. The highest BCUT2D eigenvalue weighted by Gasteiger charge is 2.29. The van der Waals surface area contributed by atoms with Crippen LogP contribution < -0.4 is 20.1 Å². The lowest BCUT2D eigenvalue weighted by atomic mass is 10.1. The summed E-state index contributed by atoms with van der Waals surface area (Å²) in [5.41, 5.74) is -0.962. The molecule has 0 aliphatic rings. The number of anilines is 1. The first-order valence-electron chi connectivity index (χ1n) is 5.84. The second kappa shape index (κ2) is 6.14. The molecular weight excluding hydrogens is 264 g/mol. The summed E-state index contributed by atoms with van der Waals surface area (Å²) in [6.07, 6.45) is 0. The van der Waals surface area contributed by atoms with Crippen molar-refractivity contribution in [1.29, 1.82) is 0 Å². The van der Waals surface area contributed by atoms with Crippen LogP contribution in [-0.4, -0.2) is 36.9 Å². The van der Waals surface area contributed by atoms with Crippen molar-refractivity contribution in [2.75, 3.05) is 19.5 Å². The van der Waals surface area contributed by atoms with E-state index in [9.17, 15) is 9.59 Å². The van der Waals surface area contributed by atoms with Crippen molar-refractivity contribution in [2.24, 2.45) is 0 Å². The van der Waals surface area contributed by atoms with Crippen LogP contribution in [0.25, 0.3) is 0 Å². The van der Waals surface area contributed by atoms with Gasteiger partial charge in [0.25, 0.3) is 0 Å². The molecule has 7 nitrogen and oxygen atoms in total. The monoisotopic (exact) mass is 282 g/mol. The van der Waals surface area contributed by atoms with Crippen LogP contribution in [-0.2, 0) is 4.79 Å². The van der Waals surface area contributed by atoms with E-state index in [-0.39, 0.29) is 0 Å². The Kier molecular flexibility index (Phi) is 4.79. The van der Waals surface area contributed by atoms with E-state index >= 15 is 0 Å². The first-order chi connectivity index (χ1) is 9.30. The molecule has 0 saturated carbocycles. The minimum absolute atomic E-state index is 0.409. The highest BCUT2D eigenvalue weighted by molar-refractivity contribution is 5.94. The zero-order valence-corrected chi connectivity index (χ0v) is 11.8. The number of urea groups is 1. The molecule has 0 spiro atoms. The minimum Gasteiger partial charge on any atom is -0.497 e. The van der Waals surface area contributed by atoms with Gasteiger partial charge >= 0.3 is 12.0 Å². The number of nitrogens with one attached hydrogen (secondary N) is 2. The maximum atomic E-state index is 11.8. The van der Waals surface area contributed by atoms with E-state index in [1.807, 2.05) is 0 Å². The van der Waals surface area contributed by atoms with Gasteiger partial charge in [-0.3, -0.25) is 0 Å². The largest absolute Gasteiger partial charge is 0.497 e. The lowest BCUT2D eigenvalue weighted by Gasteiger charge is -2.21.